The van der Waals surface area contributed by atoms with Gasteiger partial charge >= 0.3 is 0 Å². The molecule has 0 saturated carbocycles. The predicted octanol–water partition coefficient (Wildman–Crippen LogP) is 3.10. The van der Waals surface area contributed by atoms with Crippen LogP contribution < -0.4 is 15.8 Å². The van der Waals surface area contributed by atoms with Crippen LogP contribution in [0.5, 0.6) is 5.75 Å². The molecule has 0 radical (unpaired) electrons. The summed E-state index contributed by atoms with van der Waals surface area (Å²) in [4.78, 5) is 0. The Hall–Kier alpha value is -2.17. The molecule has 5 nitrogen and oxygen atoms in total. The third-order valence-electron chi connectivity index (χ3n) is 2.90. The second-order valence-corrected chi connectivity index (χ2v) is 5.06. The molecule has 2 rings (SSSR count). The largest absolute Gasteiger partial charge is 0.489 e. The van der Waals surface area contributed by atoms with Crippen LogP contribution in [0.4, 0.5) is 17.1 Å². The minimum absolute atomic E-state index is 0.0946. The Labute approximate surface area is 119 Å². The van der Waals surface area contributed by atoms with Crippen LogP contribution >= 0.6 is 0 Å². The zero-order valence-electron chi connectivity index (χ0n) is 12.5. The van der Waals surface area contributed by atoms with Gasteiger partial charge in [0, 0.05) is 25.0 Å². The fourth-order valence-electron chi connectivity index (χ4n) is 2.02. The minimum atomic E-state index is 0.0946. The molecule has 0 fully saturated rings. The van der Waals surface area contributed by atoms with Crippen molar-refractivity contribution in [3.05, 3.63) is 30.1 Å². The summed E-state index contributed by atoms with van der Waals surface area (Å²) in [7, 11) is 1.92. The minimum Gasteiger partial charge on any atom is -0.489 e. The second kappa shape index (κ2) is 5.86. The van der Waals surface area contributed by atoms with Crippen LogP contribution in [-0.2, 0) is 13.5 Å². The van der Waals surface area contributed by atoms with E-state index in [1.54, 1.807) is 0 Å². The number of hydrogen-bond acceptors (Lipinski definition) is 4. The fraction of sp³-hybridized carbons (Fsp3) is 0.400. The summed E-state index contributed by atoms with van der Waals surface area (Å²) in [5.41, 5.74) is 9.56. The molecule has 3 N–H and O–H groups in total. The zero-order chi connectivity index (χ0) is 14.7. The van der Waals surface area contributed by atoms with Crippen molar-refractivity contribution in [2.24, 2.45) is 7.05 Å². The van der Waals surface area contributed by atoms with Crippen molar-refractivity contribution in [2.45, 2.75) is 33.3 Å². The monoisotopic (exact) mass is 274 g/mol. The van der Waals surface area contributed by atoms with Crippen LogP contribution in [0, 0.1) is 0 Å². The lowest BCUT2D eigenvalue weighted by molar-refractivity contribution is 0.244. The van der Waals surface area contributed by atoms with Crippen molar-refractivity contribution in [2.75, 3.05) is 11.1 Å². The number of aromatic nitrogens is 2. The summed E-state index contributed by atoms with van der Waals surface area (Å²) in [6.45, 7) is 6.05. The van der Waals surface area contributed by atoms with Gasteiger partial charge < -0.3 is 15.8 Å². The van der Waals surface area contributed by atoms with Gasteiger partial charge in [0.25, 0.3) is 0 Å². The number of nitrogens with two attached hydrogens (primary N) is 1. The number of nitrogens with one attached hydrogen (secondary N) is 1. The lowest BCUT2D eigenvalue weighted by Gasteiger charge is -2.14. The average Bonchev–Trinajstić information content (AvgIpc) is 2.73. The number of aryl methyl sites for hydroxylation is 2. The Morgan fingerprint density at radius 2 is 2.15 bits per heavy atom. The Kier molecular flexibility index (Phi) is 4.17. The molecule has 0 atom stereocenters. The van der Waals surface area contributed by atoms with Gasteiger partial charge in [-0.05, 0) is 32.4 Å². The van der Waals surface area contributed by atoms with Crippen LogP contribution in [0.15, 0.2) is 24.4 Å². The number of benzene rings is 1. The molecular weight excluding hydrogens is 252 g/mol. The quantitative estimate of drug-likeness (QED) is 0.822. The standard InChI is InChI=1S/C15H22N4O/c1-5-13-14(9-19(4)18-13)17-11-6-7-12(16)15(8-11)20-10(2)3/h6-10,17H,5,16H2,1-4H3. The fourth-order valence-corrected chi connectivity index (χ4v) is 2.02. The Morgan fingerprint density at radius 1 is 1.40 bits per heavy atom. The third kappa shape index (κ3) is 3.23. The van der Waals surface area contributed by atoms with Gasteiger partial charge in [-0.25, -0.2) is 0 Å². The van der Waals surface area contributed by atoms with Gasteiger partial charge in [0.1, 0.15) is 5.75 Å². The highest BCUT2D eigenvalue weighted by molar-refractivity contribution is 5.67. The van der Waals surface area contributed by atoms with E-state index in [1.165, 1.54) is 0 Å². The first-order chi connectivity index (χ1) is 9.49. The topological polar surface area (TPSA) is 65.1 Å². The van der Waals surface area contributed by atoms with Crippen molar-refractivity contribution in [1.29, 1.82) is 0 Å². The maximum Gasteiger partial charge on any atom is 0.144 e. The maximum atomic E-state index is 5.92. The lowest BCUT2D eigenvalue weighted by atomic mass is 10.2. The van der Waals surface area contributed by atoms with E-state index in [1.807, 2.05) is 50.0 Å². The van der Waals surface area contributed by atoms with Crippen molar-refractivity contribution in [3.63, 3.8) is 0 Å². The molecule has 2 aromatic rings. The summed E-state index contributed by atoms with van der Waals surface area (Å²) >= 11 is 0. The number of nitrogen functional groups attached to an aromatic ring is 1. The summed E-state index contributed by atoms with van der Waals surface area (Å²) in [5, 5.41) is 7.78. The SMILES string of the molecule is CCc1nn(C)cc1Nc1ccc(N)c(OC(C)C)c1. The van der Waals surface area contributed by atoms with Crippen molar-refractivity contribution in [3.8, 4) is 5.75 Å². The van der Waals surface area contributed by atoms with Crippen LogP contribution in [0.3, 0.4) is 0 Å². The number of anilines is 3. The summed E-state index contributed by atoms with van der Waals surface area (Å²) in [6.07, 6.45) is 2.95. The van der Waals surface area contributed by atoms with Crippen molar-refractivity contribution < 1.29 is 4.74 Å². The Morgan fingerprint density at radius 3 is 2.80 bits per heavy atom. The van der Waals surface area contributed by atoms with E-state index in [9.17, 15) is 0 Å². The highest BCUT2D eigenvalue weighted by Gasteiger charge is 2.08. The lowest BCUT2D eigenvalue weighted by Crippen LogP contribution is -2.07. The maximum absolute atomic E-state index is 5.92. The molecule has 108 valence electrons. The molecule has 0 aliphatic carbocycles. The Bertz CT molecular complexity index is 590. The predicted molar refractivity (Wildman–Crippen MR) is 82.5 cm³/mol. The molecule has 1 aromatic carbocycles. The van der Waals surface area contributed by atoms with E-state index in [4.69, 9.17) is 10.5 Å². The molecule has 1 aromatic heterocycles. The van der Waals surface area contributed by atoms with Crippen LogP contribution in [-0.4, -0.2) is 15.9 Å². The van der Waals surface area contributed by atoms with Gasteiger partial charge in [-0.1, -0.05) is 6.92 Å². The molecule has 0 bridgehead atoms. The number of ether oxygens (including phenoxy) is 1. The molecule has 0 amide bonds. The van der Waals surface area contributed by atoms with Gasteiger partial charge in [0.15, 0.2) is 0 Å². The van der Waals surface area contributed by atoms with Gasteiger partial charge in [-0.3, -0.25) is 4.68 Å². The van der Waals surface area contributed by atoms with Gasteiger partial charge in [0.05, 0.1) is 23.2 Å². The smallest absolute Gasteiger partial charge is 0.144 e. The molecule has 0 saturated heterocycles. The van der Waals surface area contributed by atoms with E-state index in [2.05, 4.69) is 17.3 Å². The third-order valence-corrected chi connectivity index (χ3v) is 2.90. The first kappa shape index (κ1) is 14.2. The number of nitrogens with zero attached hydrogens (tertiary/aromatic N) is 2. The second-order valence-electron chi connectivity index (χ2n) is 5.06. The molecule has 0 unspecified atom stereocenters. The van der Waals surface area contributed by atoms with Crippen molar-refractivity contribution >= 4 is 17.1 Å². The van der Waals surface area contributed by atoms with E-state index >= 15 is 0 Å². The summed E-state index contributed by atoms with van der Waals surface area (Å²) < 4.78 is 7.51. The average molecular weight is 274 g/mol. The molecule has 1 heterocycles. The molecule has 0 aliphatic heterocycles. The highest BCUT2D eigenvalue weighted by atomic mass is 16.5. The van der Waals surface area contributed by atoms with Crippen LogP contribution in [0.1, 0.15) is 26.5 Å². The zero-order valence-corrected chi connectivity index (χ0v) is 12.5. The summed E-state index contributed by atoms with van der Waals surface area (Å²) in [5.74, 6) is 0.701. The molecule has 5 heteroatoms. The first-order valence-electron chi connectivity index (χ1n) is 6.85. The molecule has 0 aliphatic rings. The summed E-state index contributed by atoms with van der Waals surface area (Å²) in [6, 6.07) is 5.71. The number of hydrogen-bond donors (Lipinski definition) is 2. The molecule has 20 heavy (non-hydrogen) atoms. The number of rotatable bonds is 5. The Balaban J connectivity index is 2.25. The molecular formula is C15H22N4O. The van der Waals surface area contributed by atoms with Crippen LogP contribution in [0.25, 0.3) is 0 Å². The first-order valence-corrected chi connectivity index (χ1v) is 6.85. The van der Waals surface area contributed by atoms with E-state index in [0.29, 0.717) is 11.4 Å². The van der Waals surface area contributed by atoms with E-state index in [0.717, 1.165) is 23.5 Å². The molecule has 0 spiro atoms. The van der Waals surface area contributed by atoms with E-state index < -0.39 is 0 Å². The van der Waals surface area contributed by atoms with Crippen molar-refractivity contribution in [1.82, 2.24) is 9.78 Å². The van der Waals surface area contributed by atoms with Gasteiger partial charge in [0.2, 0.25) is 0 Å². The van der Waals surface area contributed by atoms with E-state index in [-0.39, 0.29) is 6.10 Å². The van der Waals surface area contributed by atoms with Gasteiger partial charge in [-0.15, -0.1) is 0 Å². The normalized spacial score (nSPS) is 10.8. The highest BCUT2D eigenvalue weighted by Crippen LogP contribution is 2.29. The van der Waals surface area contributed by atoms with Gasteiger partial charge in [-0.2, -0.15) is 5.10 Å². The van der Waals surface area contributed by atoms with Crippen LogP contribution in [0.2, 0.25) is 0 Å².